The van der Waals surface area contributed by atoms with Gasteiger partial charge in [-0.25, -0.2) is 13.4 Å². The quantitative estimate of drug-likeness (QED) is 0.760. The van der Waals surface area contributed by atoms with Crippen LogP contribution in [0.15, 0.2) is 17.2 Å². The SMILES string of the molecule is CCOc1cc(S(C)(=O)=O)c(C#N)cn1. The lowest BCUT2D eigenvalue weighted by molar-refractivity contribution is 0.325. The van der Waals surface area contributed by atoms with E-state index >= 15 is 0 Å². The van der Waals surface area contributed by atoms with E-state index in [4.69, 9.17) is 10.00 Å². The van der Waals surface area contributed by atoms with Crippen LogP contribution < -0.4 is 4.74 Å². The third-order valence-corrected chi connectivity index (χ3v) is 2.79. The number of nitrogens with zero attached hydrogens (tertiary/aromatic N) is 2. The molecule has 0 unspecified atom stereocenters. The maximum absolute atomic E-state index is 11.3. The minimum Gasteiger partial charge on any atom is -0.478 e. The number of hydrogen-bond donors (Lipinski definition) is 0. The largest absolute Gasteiger partial charge is 0.478 e. The fourth-order valence-electron chi connectivity index (χ4n) is 1.04. The average Bonchev–Trinajstić information content (AvgIpc) is 2.17. The van der Waals surface area contributed by atoms with Gasteiger partial charge >= 0.3 is 0 Å². The van der Waals surface area contributed by atoms with Crippen molar-refractivity contribution >= 4 is 9.84 Å². The van der Waals surface area contributed by atoms with Crippen molar-refractivity contribution in [2.75, 3.05) is 12.9 Å². The van der Waals surface area contributed by atoms with Gasteiger partial charge in [-0.2, -0.15) is 5.26 Å². The summed E-state index contributed by atoms with van der Waals surface area (Å²) in [4.78, 5) is 3.75. The number of pyridine rings is 1. The van der Waals surface area contributed by atoms with Gasteiger partial charge in [0.1, 0.15) is 6.07 Å². The first-order valence-electron chi connectivity index (χ1n) is 4.22. The maximum Gasteiger partial charge on any atom is 0.214 e. The highest BCUT2D eigenvalue weighted by Crippen LogP contribution is 2.18. The molecule has 5 nitrogen and oxygen atoms in total. The summed E-state index contributed by atoms with van der Waals surface area (Å²) in [6.07, 6.45) is 2.24. The van der Waals surface area contributed by atoms with Crippen LogP contribution in [0.2, 0.25) is 0 Å². The summed E-state index contributed by atoms with van der Waals surface area (Å²) in [6, 6.07) is 3.04. The van der Waals surface area contributed by atoms with Gasteiger partial charge in [0.05, 0.1) is 17.1 Å². The third kappa shape index (κ3) is 2.67. The van der Waals surface area contributed by atoms with Crippen molar-refractivity contribution in [3.05, 3.63) is 17.8 Å². The van der Waals surface area contributed by atoms with Gasteiger partial charge in [-0.1, -0.05) is 0 Å². The molecule has 0 fully saturated rings. The first-order chi connectivity index (χ1) is 6.99. The fourth-order valence-corrected chi connectivity index (χ4v) is 1.85. The van der Waals surface area contributed by atoms with E-state index in [1.54, 1.807) is 13.0 Å². The number of aromatic nitrogens is 1. The van der Waals surface area contributed by atoms with Gasteiger partial charge in [0.15, 0.2) is 9.84 Å². The second kappa shape index (κ2) is 4.28. The number of sulfone groups is 1. The van der Waals surface area contributed by atoms with Crippen molar-refractivity contribution in [1.29, 1.82) is 5.26 Å². The van der Waals surface area contributed by atoms with E-state index in [-0.39, 0.29) is 16.3 Å². The summed E-state index contributed by atoms with van der Waals surface area (Å²) in [5.74, 6) is 0.205. The van der Waals surface area contributed by atoms with E-state index in [1.807, 2.05) is 0 Å². The van der Waals surface area contributed by atoms with Crippen molar-refractivity contribution < 1.29 is 13.2 Å². The minimum atomic E-state index is -3.43. The average molecular weight is 226 g/mol. The Kier molecular flexibility index (Phi) is 3.27. The van der Waals surface area contributed by atoms with Crippen LogP contribution in [0.1, 0.15) is 12.5 Å². The van der Waals surface area contributed by atoms with E-state index in [0.717, 1.165) is 6.26 Å². The molecule has 1 rings (SSSR count). The topological polar surface area (TPSA) is 80.0 Å². The highest BCUT2D eigenvalue weighted by atomic mass is 32.2. The van der Waals surface area contributed by atoms with Crippen LogP contribution in [0, 0.1) is 11.3 Å². The first-order valence-corrected chi connectivity index (χ1v) is 6.11. The molecule has 6 heteroatoms. The summed E-state index contributed by atoms with van der Waals surface area (Å²) in [5.41, 5.74) is 0.0287. The van der Waals surface area contributed by atoms with Crippen molar-refractivity contribution in [3.8, 4) is 11.9 Å². The Morgan fingerprint density at radius 3 is 2.73 bits per heavy atom. The van der Waals surface area contributed by atoms with Crippen LogP contribution in [0.5, 0.6) is 5.88 Å². The molecule has 0 radical (unpaired) electrons. The Morgan fingerprint density at radius 2 is 2.27 bits per heavy atom. The first kappa shape index (κ1) is 11.5. The molecule has 15 heavy (non-hydrogen) atoms. The molecule has 0 saturated carbocycles. The van der Waals surface area contributed by atoms with Gasteiger partial charge in [0, 0.05) is 18.5 Å². The highest BCUT2D eigenvalue weighted by molar-refractivity contribution is 7.90. The number of nitriles is 1. The molecular formula is C9H10N2O3S. The molecule has 0 aliphatic carbocycles. The second-order valence-electron chi connectivity index (χ2n) is 2.84. The molecule has 0 aliphatic heterocycles. The van der Waals surface area contributed by atoms with Gasteiger partial charge in [-0.3, -0.25) is 0 Å². The fraction of sp³-hybridized carbons (Fsp3) is 0.333. The number of hydrogen-bond acceptors (Lipinski definition) is 5. The Hall–Kier alpha value is -1.61. The van der Waals surface area contributed by atoms with Gasteiger partial charge in [-0.05, 0) is 6.92 Å². The Bertz CT molecular complexity index is 503. The van der Waals surface area contributed by atoms with Crippen molar-refractivity contribution in [1.82, 2.24) is 4.98 Å². The molecule has 0 saturated heterocycles. The van der Waals surface area contributed by atoms with Crippen molar-refractivity contribution in [3.63, 3.8) is 0 Å². The zero-order chi connectivity index (χ0) is 11.5. The molecule has 80 valence electrons. The molecule has 0 bridgehead atoms. The van der Waals surface area contributed by atoms with Gasteiger partial charge < -0.3 is 4.74 Å². The zero-order valence-corrected chi connectivity index (χ0v) is 9.21. The summed E-state index contributed by atoms with van der Waals surface area (Å²) in [6.45, 7) is 2.15. The molecule has 1 heterocycles. The van der Waals surface area contributed by atoms with E-state index in [0.29, 0.717) is 6.61 Å². The van der Waals surface area contributed by atoms with Crippen LogP contribution in [0.4, 0.5) is 0 Å². The lowest BCUT2D eigenvalue weighted by atomic mass is 10.3. The molecule has 0 aromatic carbocycles. The van der Waals surface area contributed by atoms with E-state index in [2.05, 4.69) is 4.98 Å². The summed E-state index contributed by atoms with van der Waals surface area (Å²) < 4.78 is 27.7. The van der Waals surface area contributed by atoms with Gasteiger partial charge in [-0.15, -0.1) is 0 Å². The molecule has 0 N–H and O–H groups in total. The monoisotopic (exact) mass is 226 g/mol. The van der Waals surface area contributed by atoms with Crippen LogP contribution >= 0.6 is 0 Å². The minimum absolute atomic E-state index is 0.0287. The molecule has 0 aliphatic rings. The van der Waals surface area contributed by atoms with E-state index in [1.165, 1.54) is 12.3 Å². The van der Waals surface area contributed by atoms with Crippen LogP contribution in [0.3, 0.4) is 0 Å². The molecule has 1 aromatic heterocycles. The maximum atomic E-state index is 11.3. The number of ether oxygens (including phenoxy) is 1. The van der Waals surface area contributed by atoms with Crippen LogP contribution in [0.25, 0.3) is 0 Å². The van der Waals surface area contributed by atoms with Crippen molar-refractivity contribution in [2.45, 2.75) is 11.8 Å². The molecule has 0 atom stereocenters. The molecular weight excluding hydrogens is 216 g/mol. The van der Waals surface area contributed by atoms with Crippen molar-refractivity contribution in [2.24, 2.45) is 0 Å². The van der Waals surface area contributed by atoms with Crippen LogP contribution in [-0.2, 0) is 9.84 Å². The smallest absolute Gasteiger partial charge is 0.214 e. The van der Waals surface area contributed by atoms with E-state index < -0.39 is 9.84 Å². The Morgan fingerprint density at radius 1 is 1.60 bits per heavy atom. The summed E-state index contributed by atoms with van der Waals surface area (Å²) >= 11 is 0. The highest BCUT2D eigenvalue weighted by Gasteiger charge is 2.15. The summed E-state index contributed by atoms with van der Waals surface area (Å²) in [5, 5.41) is 8.71. The zero-order valence-electron chi connectivity index (χ0n) is 8.39. The number of rotatable bonds is 3. The normalized spacial score (nSPS) is 10.7. The lowest BCUT2D eigenvalue weighted by Gasteiger charge is -2.05. The van der Waals surface area contributed by atoms with Gasteiger partial charge in [0.2, 0.25) is 5.88 Å². The standard InChI is InChI=1S/C9H10N2O3S/c1-3-14-9-4-8(15(2,12)13)7(5-10)6-11-9/h4,6H,3H2,1-2H3. The lowest BCUT2D eigenvalue weighted by Crippen LogP contribution is -2.03. The predicted octanol–water partition coefficient (Wildman–Crippen LogP) is 0.755. The second-order valence-corrected chi connectivity index (χ2v) is 4.82. The predicted molar refractivity (Wildman–Crippen MR) is 53.2 cm³/mol. The Labute approximate surface area is 88.2 Å². The molecule has 0 amide bonds. The Balaban J connectivity index is 3.34. The van der Waals surface area contributed by atoms with Crippen LogP contribution in [-0.4, -0.2) is 26.3 Å². The summed E-state index contributed by atoms with van der Waals surface area (Å²) in [7, 11) is -3.43. The van der Waals surface area contributed by atoms with E-state index in [9.17, 15) is 8.42 Å². The third-order valence-electron chi connectivity index (χ3n) is 1.65. The molecule has 0 spiro atoms. The molecule has 1 aromatic rings. The van der Waals surface area contributed by atoms with Gasteiger partial charge in [0.25, 0.3) is 0 Å².